The van der Waals surface area contributed by atoms with Crippen LogP contribution in [0.4, 0.5) is 5.82 Å². The van der Waals surface area contributed by atoms with Crippen molar-refractivity contribution in [2.45, 2.75) is 52.9 Å². The molecule has 1 N–H and O–H groups in total. The number of nitrogens with one attached hydrogen (secondary N) is 1. The first-order valence-electron chi connectivity index (χ1n) is 7.63. The highest BCUT2D eigenvalue weighted by Crippen LogP contribution is 2.28. The fourth-order valence-electron chi connectivity index (χ4n) is 2.47. The number of pyridine rings is 1. The third-order valence-corrected chi connectivity index (χ3v) is 3.62. The lowest BCUT2D eigenvalue weighted by atomic mass is 9.86. The van der Waals surface area contributed by atoms with E-state index < -0.39 is 0 Å². The second kappa shape index (κ2) is 5.82. The lowest BCUT2D eigenvalue weighted by Crippen LogP contribution is -2.11. The quantitative estimate of drug-likeness (QED) is 0.853. The van der Waals surface area contributed by atoms with E-state index in [1.54, 1.807) is 0 Å². The summed E-state index contributed by atoms with van der Waals surface area (Å²) in [6.07, 6.45) is 2.22. The number of nitrogens with zero attached hydrogens (tertiary/aromatic N) is 1. The Morgan fingerprint density at radius 1 is 1.10 bits per heavy atom. The molecule has 0 aliphatic heterocycles. The van der Waals surface area contributed by atoms with Crippen LogP contribution in [-0.4, -0.2) is 11.5 Å². The van der Waals surface area contributed by atoms with Crippen LogP contribution in [0.2, 0.25) is 0 Å². The highest BCUT2D eigenvalue weighted by atomic mass is 15.0. The standard InChI is InChI=1S/C18H26N2/c1-6-8-13-11-14-12-15(18(3,4)5)9-10-16(14)20-17(13)19-7-2/h9-12H,6-8H2,1-5H3,(H,19,20). The van der Waals surface area contributed by atoms with Crippen molar-refractivity contribution in [2.75, 3.05) is 11.9 Å². The molecule has 0 saturated heterocycles. The van der Waals surface area contributed by atoms with Gasteiger partial charge in [-0.15, -0.1) is 0 Å². The molecular formula is C18H26N2. The van der Waals surface area contributed by atoms with E-state index in [2.05, 4.69) is 64.2 Å². The molecule has 2 rings (SSSR count). The molecule has 2 nitrogen and oxygen atoms in total. The van der Waals surface area contributed by atoms with Gasteiger partial charge in [-0.2, -0.15) is 0 Å². The summed E-state index contributed by atoms with van der Waals surface area (Å²) in [5.41, 5.74) is 3.95. The Kier molecular flexibility index (Phi) is 4.32. The molecule has 0 bridgehead atoms. The van der Waals surface area contributed by atoms with Crippen LogP contribution in [0.3, 0.4) is 0 Å². The average Bonchev–Trinajstić information content (AvgIpc) is 2.38. The first-order valence-corrected chi connectivity index (χ1v) is 7.63. The van der Waals surface area contributed by atoms with Crippen molar-refractivity contribution in [3.05, 3.63) is 35.4 Å². The molecule has 0 aliphatic carbocycles. The van der Waals surface area contributed by atoms with Crippen LogP contribution in [-0.2, 0) is 11.8 Å². The van der Waals surface area contributed by atoms with Crippen molar-refractivity contribution in [3.8, 4) is 0 Å². The van der Waals surface area contributed by atoms with E-state index >= 15 is 0 Å². The molecule has 0 atom stereocenters. The van der Waals surface area contributed by atoms with Crippen LogP contribution < -0.4 is 5.32 Å². The van der Waals surface area contributed by atoms with E-state index in [1.807, 2.05) is 0 Å². The molecular weight excluding hydrogens is 244 g/mol. The number of aromatic nitrogens is 1. The fourth-order valence-corrected chi connectivity index (χ4v) is 2.47. The first kappa shape index (κ1) is 14.8. The molecule has 108 valence electrons. The maximum Gasteiger partial charge on any atom is 0.129 e. The monoisotopic (exact) mass is 270 g/mol. The maximum atomic E-state index is 4.80. The molecule has 0 unspecified atom stereocenters. The highest BCUT2D eigenvalue weighted by molar-refractivity contribution is 5.82. The maximum absolute atomic E-state index is 4.80. The molecule has 1 heterocycles. The Hall–Kier alpha value is -1.57. The molecule has 0 fully saturated rings. The third kappa shape index (κ3) is 3.12. The zero-order valence-corrected chi connectivity index (χ0v) is 13.4. The zero-order chi connectivity index (χ0) is 14.8. The number of fused-ring (bicyclic) bond motifs is 1. The number of rotatable bonds is 4. The number of anilines is 1. The average molecular weight is 270 g/mol. The van der Waals surface area contributed by atoms with Crippen molar-refractivity contribution in [1.82, 2.24) is 4.98 Å². The Balaban J connectivity index is 2.55. The second-order valence-corrected chi connectivity index (χ2v) is 6.43. The molecule has 20 heavy (non-hydrogen) atoms. The van der Waals surface area contributed by atoms with Gasteiger partial charge in [-0.3, -0.25) is 0 Å². The normalized spacial score (nSPS) is 11.8. The van der Waals surface area contributed by atoms with E-state index in [-0.39, 0.29) is 5.41 Å². The van der Waals surface area contributed by atoms with Crippen LogP contribution in [0.5, 0.6) is 0 Å². The molecule has 0 spiro atoms. The summed E-state index contributed by atoms with van der Waals surface area (Å²) in [6.45, 7) is 12.0. The van der Waals surface area contributed by atoms with Gasteiger partial charge in [-0.05, 0) is 48.1 Å². The Morgan fingerprint density at radius 2 is 1.85 bits per heavy atom. The topological polar surface area (TPSA) is 24.9 Å². The molecule has 0 radical (unpaired) electrons. The lowest BCUT2D eigenvalue weighted by Gasteiger charge is -2.20. The fraction of sp³-hybridized carbons (Fsp3) is 0.500. The van der Waals surface area contributed by atoms with Crippen LogP contribution in [0.1, 0.15) is 52.2 Å². The SMILES string of the molecule is CCCc1cc2cc(C(C)(C)C)ccc2nc1NCC. The van der Waals surface area contributed by atoms with E-state index in [9.17, 15) is 0 Å². The number of benzene rings is 1. The summed E-state index contributed by atoms with van der Waals surface area (Å²) in [5, 5.41) is 4.64. The zero-order valence-electron chi connectivity index (χ0n) is 13.4. The van der Waals surface area contributed by atoms with Gasteiger partial charge in [0.25, 0.3) is 0 Å². The number of hydrogen-bond donors (Lipinski definition) is 1. The summed E-state index contributed by atoms with van der Waals surface area (Å²) in [4.78, 5) is 4.80. The van der Waals surface area contributed by atoms with Gasteiger partial charge in [0.2, 0.25) is 0 Å². The minimum absolute atomic E-state index is 0.180. The number of hydrogen-bond acceptors (Lipinski definition) is 2. The molecule has 2 heteroatoms. The Bertz CT molecular complexity index is 594. The highest BCUT2D eigenvalue weighted by Gasteiger charge is 2.14. The molecule has 2 aromatic rings. The molecule has 1 aromatic heterocycles. The van der Waals surface area contributed by atoms with Crippen molar-refractivity contribution < 1.29 is 0 Å². The van der Waals surface area contributed by atoms with Gasteiger partial charge in [0.1, 0.15) is 5.82 Å². The first-order chi connectivity index (χ1) is 9.45. The molecule has 0 aliphatic rings. The minimum Gasteiger partial charge on any atom is -0.370 e. The van der Waals surface area contributed by atoms with Crippen LogP contribution in [0.15, 0.2) is 24.3 Å². The molecule has 1 aromatic carbocycles. The molecule has 0 amide bonds. The third-order valence-electron chi connectivity index (χ3n) is 3.62. The van der Waals surface area contributed by atoms with Crippen molar-refractivity contribution >= 4 is 16.7 Å². The van der Waals surface area contributed by atoms with E-state index in [1.165, 1.54) is 16.5 Å². The van der Waals surface area contributed by atoms with Gasteiger partial charge >= 0.3 is 0 Å². The van der Waals surface area contributed by atoms with Gasteiger partial charge in [0, 0.05) is 11.9 Å². The Morgan fingerprint density at radius 3 is 2.45 bits per heavy atom. The van der Waals surface area contributed by atoms with Gasteiger partial charge in [0.15, 0.2) is 0 Å². The van der Waals surface area contributed by atoms with Gasteiger partial charge in [-0.25, -0.2) is 4.98 Å². The van der Waals surface area contributed by atoms with Crippen molar-refractivity contribution in [3.63, 3.8) is 0 Å². The van der Waals surface area contributed by atoms with E-state index in [4.69, 9.17) is 4.98 Å². The van der Waals surface area contributed by atoms with E-state index in [0.29, 0.717) is 0 Å². The van der Waals surface area contributed by atoms with Crippen molar-refractivity contribution in [1.29, 1.82) is 0 Å². The summed E-state index contributed by atoms with van der Waals surface area (Å²) in [6, 6.07) is 8.94. The minimum atomic E-state index is 0.180. The molecule has 0 saturated carbocycles. The predicted molar refractivity (Wildman–Crippen MR) is 88.6 cm³/mol. The van der Waals surface area contributed by atoms with Crippen LogP contribution in [0, 0.1) is 0 Å². The van der Waals surface area contributed by atoms with Crippen molar-refractivity contribution in [2.24, 2.45) is 0 Å². The largest absolute Gasteiger partial charge is 0.370 e. The summed E-state index contributed by atoms with van der Waals surface area (Å²) in [5.74, 6) is 1.05. The van der Waals surface area contributed by atoms with Crippen LogP contribution >= 0.6 is 0 Å². The predicted octanol–water partition coefficient (Wildman–Crippen LogP) is 4.92. The summed E-state index contributed by atoms with van der Waals surface area (Å²) >= 11 is 0. The lowest BCUT2D eigenvalue weighted by molar-refractivity contribution is 0.591. The van der Waals surface area contributed by atoms with E-state index in [0.717, 1.165) is 30.7 Å². The second-order valence-electron chi connectivity index (χ2n) is 6.43. The Labute approximate surface area is 122 Å². The smallest absolute Gasteiger partial charge is 0.129 e. The van der Waals surface area contributed by atoms with Crippen LogP contribution in [0.25, 0.3) is 10.9 Å². The van der Waals surface area contributed by atoms with Gasteiger partial charge in [-0.1, -0.05) is 40.2 Å². The summed E-state index contributed by atoms with van der Waals surface area (Å²) in [7, 11) is 0. The van der Waals surface area contributed by atoms with Gasteiger partial charge in [0.05, 0.1) is 5.52 Å². The van der Waals surface area contributed by atoms with Gasteiger partial charge < -0.3 is 5.32 Å². The number of aryl methyl sites for hydroxylation is 1. The summed E-state index contributed by atoms with van der Waals surface area (Å²) < 4.78 is 0.